The number of benzene rings is 1. The largest absolute Gasteiger partial charge is 0.309 e. The van der Waals surface area contributed by atoms with E-state index in [0.717, 1.165) is 28.3 Å². The molecule has 3 aromatic rings. The first-order chi connectivity index (χ1) is 12.1. The maximum Gasteiger partial charge on any atom is 0.260 e. The second kappa shape index (κ2) is 6.90. The summed E-state index contributed by atoms with van der Waals surface area (Å²) in [7, 11) is 0. The maximum atomic E-state index is 12.7. The van der Waals surface area contributed by atoms with E-state index in [9.17, 15) is 4.79 Å². The summed E-state index contributed by atoms with van der Waals surface area (Å²) >= 11 is 7.61. The van der Waals surface area contributed by atoms with E-state index >= 15 is 0 Å². The molecule has 3 heterocycles. The number of aromatic amines is 1. The van der Waals surface area contributed by atoms with Gasteiger partial charge in [-0.15, -0.1) is 11.3 Å². The number of aromatic nitrogens is 2. The fourth-order valence-electron chi connectivity index (χ4n) is 3.52. The van der Waals surface area contributed by atoms with E-state index in [1.807, 2.05) is 29.6 Å². The van der Waals surface area contributed by atoms with Crippen molar-refractivity contribution < 1.29 is 0 Å². The first kappa shape index (κ1) is 16.8. The average molecular weight is 374 g/mol. The van der Waals surface area contributed by atoms with E-state index in [2.05, 4.69) is 16.8 Å². The highest BCUT2D eigenvalue weighted by atomic mass is 35.5. The molecule has 130 valence electrons. The Balaban J connectivity index is 1.71. The van der Waals surface area contributed by atoms with Crippen molar-refractivity contribution in [2.45, 2.75) is 38.8 Å². The van der Waals surface area contributed by atoms with Gasteiger partial charge in [-0.25, -0.2) is 4.98 Å². The molecule has 4 nitrogen and oxygen atoms in total. The minimum absolute atomic E-state index is 0.0686. The zero-order valence-electron chi connectivity index (χ0n) is 14.1. The van der Waals surface area contributed by atoms with Crippen LogP contribution in [-0.2, 0) is 6.54 Å². The van der Waals surface area contributed by atoms with E-state index in [1.165, 1.54) is 30.6 Å². The van der Waals surface area contributed by atoms with Crippen molar-refractivity contribution in [2.75, 3.05) is 6.54 Å². The van der Waals surface area contributed by atoms with Crippen molar-refractivity contribution in [1.29, 1.82) is 0 Å². The molecular weight excluding hydrogens is 354 g/mol. The molecule has 0 aliphatic carbocycles. The molecule has 25 heavy (non-hydrogen) atoms. The van der Waals surface area contributed by atoms with E-state index in [-0.39, 0.29) is 5.56 Å². The van der Waals surface area contributed by atoms with E-state index in [0.29, 0.717) is 23.0 Å². The number of hydrogen-bond donors (Lipinski definition) is 1. The molecule has 1 aliphatic heterocycles. The predicted octanol–water partition coefficient (Wildman–Crippen LogP) is 4.68. The molecule has 1 atom stereocenters. The molecule has 0 amide bonds. The van der Waals surface area contributed by atoms with Gasteiger partial charge >= 0.3 is 0 Å². The van der Waals surface area contributed by atoms with Crippen LogP contribution in [0.15, 0.2) is 34.4 Å². The van der Waals surface area contributed by atoms with Crippen LogP contribution < -0.4 is 5.56 Å². The number of rotatable bonds is 3. The number of thiophene rings is 1. The molecule has 1 N–H and O–H groups in total. The van der Waals surface area contributed by atoms with Crippen LogP contribution >= 0.6 is 22.9 Å². The third-order valence-corrected chi connectivity index (χ3v) is 6.03. The van der Waals surface area contributed by atoms with Crippen LogP contribution in [0.25, 0.3) is 21.3 Å². The minimum Gasteiger partial charge on any atom is -0.309 e. The monoisotopic (exact) mass is 373 g/mol. The topological polar surface area (TPSA) is 49.0 Å². The van der Waals surface area contributed by atoms with Crippen LogP contribution in [0, 0.1) is 0 Å². The highest BCUT2D eigenvalue weighted by molar-refractivity contribution is 7.17. The van der Waals surface area contributed by atoms with Crippen molar-refractivity contribution in [3.63, 3.8) is 0 Å². The maximum absolute atomic E-state index is 12.7. The molecule has 0 saturated carbocycles. The standard InChI is InChI=1S/C19H20ClN3OS/c1-12-5-2-3-8-23(12)10-16-21-18(24)17-15(11-25-19(17)22-16)13-6-4-7-14(20)9-13/h4,6-7,9,11-12H,2-3,5,8,10H2,1H3,(H,21,22,24). The highest BCUT2D eigenvalue weighted by Crippen LogP contribution is 2.32. The molecule has 1 saturated heterocycles. The Morgan fingerprint density at radius 2 is 2.28 bits per heavy atom. The smallest absolute Gasteiger partial charge is 0.260 e. The second-order valence-corrected chi connectivity index (χ2v) is 7.96. The molecule has 0 bridgehead atoms. The molecule has 1 aliphatic rings. The zero-order chi connectivity index (χ0) is 17.4. The second-order valence-electron chi connectivity index (χ2n) is 6.67. The summed E-state index contributed by atoms with van der Waals surface area (Å²) in [4.78, 5) is 23.6. The molecule has 0 spiro atoms. The average Bonchev–Trinajstić information content (AvgIpc) is 3.01. The highest BCUT2D eigenvalue weighted by Gasteiger charge is 2.20. The van der Waals surface area contributed by atoms with Crippen molar-refractivity contribution in [1.82, 2.24) is 14.9 Å². The van der Waals surface area contributed by atoms with Gasteiger partial charge < -0.3 is 4.98 Å². The van der Waals surface area contributed by atoms with Gasteiger partial charge in [0.15, 0.2) is 0 Å². The Morgan fingerprint density at radius 1 is 1.40 bits per heavy atom. The lowest BCUT2D eigenvalue weighted by Gasteiger charge is -2.32. The fraction of sp³-hybridized carbons (Fsp3) is 0.368. The summed E-state index contributed by atoms with van der Waals surface area (Å²) in [5.74, 6) is 0.755. The molecule has 2 aromatic heterocycles. The van der Waals surface area contributed by atoms with E-state index in [1.54, 1.807) is 0 Å². The van der Waals surface area contributed by atoms with Gasteiger partial charge in [0.1, 0.15) is 10.7 Å². The third kappa shape index (κ3) is 3.36. The van der Waals surface area contributed by atoms with Gasteiger partial charge in [-0.1, -0.05) is 30.2 Å². The Labute approximate surface area is 155 Å². The summed E-state index contributed by atoms with van der Waals surface area (Å²) in [6.45, 7) is 4.02. The fourth-order valence-corrected chi connectivity index (χ4v) is 4.68. The van der Waals surface area contributed by atoms with Crippen LogP contribution in [0.3, 0.4) is 0 Å². The van der Waals surface area contributed by atoms with Crippen LogP contribution in [0.5, 0.6) is 0 Å². The van der Waals surface area contributed by atoms with Gasteiger partial charge in [-0.3, -0.25) is 9.69 Å². The Morgan fingerprint density at radius 3 is 3.08 bits per heavy atom. The minimum atomic E-state index is -0.0686. The van der Waals surface area contributed by atoms with Crippen LogP contribution in [-0.4, -0.2) is 27.5 Å². The quantitative estimate of drug-likeness (QED) is 0.725. The van der Waals surface area contributed by atoms with Crippen molar-refractivity contribution in [2.24, 2.45) is 0 Å². The first-order valence-electron chi connectivity index (χ1n) is 8.62. The molecule has 1 unspecified atom stereocenters. The molecule has 6 heteroatoms. The number of hydrogen-bond acceptors (Lipinski definition) is 4. The summed E-state index contributed by atoms with van der Waals surface area (Å²) in [6, 6.07) is 8.12. The van der Waals surface area contributed by atoms with Crippen LogP contribution in [0.2, 0.25) is 5.02 Å². The lowest BCUT2D eigenvalue weighted by atomic mass is 10.0. The third-order valence-electron chi connectivity index (χ3n) is 4.92. The number of halogens is 1. The van der Waals surface area contributed by atoms with Crippen molar-refractivity contribution in [3.8, 4) is 11.1 Å². The van der Waals surface area contributed by atoms with Gasteiger partial charge in [0.05, 0.1) is 11.9 Å². The van der Waals surface area contributed by atoms with Crippen molar-refractivity contribution in [3.05, 3.63) is 50.8 Å². The Kier molecular flexibility index (Phi) is 4.63. The SMILES string of the molecule is CC1CCCCN1Cc1nc2scc(-c3cccc(Cl)c3)c2c(=O)[nH]1. The number of piperidine rings is 1. The van der Waals surface area contributed by atoms with Crippen LogP contribution in [0.4, 0.5) is 0 Å². The predicted molar refractivity (Wildman–Crippen MR) is 104 cm³/mol. The normalized spacial score (nSPS) is 18.7. The Bertz CT molecular complexity index is 965. The Hall–Kier alpha value is -1.69. The number of likely N-dealkylation sites (tertiary alicyclic amines) is 1. The molecule has 4 rings (SSSR count). The van der Waals surface area contributed by atoms with Crippen LogP contribution in [0.1, 0.15) is 32.0 Å². The lowest BCUT2D eigenvalue weighted by molar-refractivity contribution is 0.149. The van der Waals surface area contributed by atoms with E-state index < -0.39 is 0 Å². The zero-order valence-corrected chi connectivity index (χ0v) is 15.7. The molecule has 1 aromatic carbocycles. The summed E-state index contributed by atoms with van der Waals surface area (Å²) in [5, 5.41) is 3.31. The molecule has 1 fully saturated rings. The van der Waals surface area contributed by atoms with Gasteiger partial charge in [-0.2, -0.15) is 0 Å². The molecule has 0 radical (unpaired) electrons. The number of nitrogens with zero attached hydrogens (tertiary/aromatic N) is 2. The van der Waals surface area contributed by atoms with Gasteiger partial charge in [-0.05, 0) is 44.0 Å². The summed E-state index contributed by atoms with van der Waals surface area (Å²) in [5.41, 5.74) is 1.78. The van der Waals surface area contributed by atoms with Crippen molar-refractivity contribution >= 4 is 33.2 Å². The van der Waals surface area contributed by atoms with Gasteiger partial charge in [0.2, 0.25) is 0 Å². The van der Waals surface area contributed by atoms with E-state index in [4.69, 9.17) is 16.6 Å². The number of H-pyrrole nitrogens is 1. The lowest BCUT2D eigenvalue weighted by Crippen LogP contribution is -2.37. The summed E-state index contributed by atoms with van der Waals surface area (Å²) < 4.78 is 0. The van der Waals surface area contributed by atoms with Gasteiger partial charge in [0.25, 0.3) is 5.56 Å². The van der Waals surface area contributed by atoms with Gasteiger partial charge in [0, 0.05) is 22.0 Å². The first-order valence-corrected chi connectivity index (χ1v) is 9.88. The summed E-state index contributed by atoms with van der Waals surface area (Å²) in [6.07, 6.45) is 3.72. The molecular formula is C19H20ClN3OS. The number of fused-ring (bicyclic) bond motifs is 1. The number of nitrogens with one attached hydrogen (secondary N) is 1.